The largest absolute Gasteiger partial charge is 0.491 e. The Balaban J connectivity index is 2.71. The number of halogens is 2. The number of ether oxygens (including phenoxy) is 1. The van der Waals surface area contributed by atoms with Crippen LogP contribution in [0.15, 0.2) is 21.1 Å². The summed E-state index contributed by atoms with van der Waals surface area (Å²) in [6, 6.07) is 4.24. The summed E-state index contributed by atoms with van der Waals surface area (Å²) in [7, 11) is 0. The van der Waals surface area contributed by atoms with E-state index in [4.69, 9.17) is 9.84 Å². The van der Waals surface area contributed by atoms with Crippen LogP contribution in [0.25, 0.3) is 0 Å². The van der Waals surface area contributed by atoms with Gasteiger partial charge < -0.3 is 15.2 Å². The minimum absolute atomic E-state index is 0.147. The van der Waals surface area contributed by atoms with Crippen molar-refractivity contribution < 1.29 is 9.84 Å². The summed E-state index contributed by atoms with van der Waals surface area (Å²) in [5, 5.41) is 12.5. The van der Waals surface area contributed by atoms with Gasteiger partial charge in [-0.3, -0.25) is 0 Å². The molecular formula is C14H21Br2NO2. The molecule has 0 radical (unpaired) electrons. The van der Waals surface area contributed by atoms with E-state index in [1.54, 1.807) is 0 Å². The maximum Gasteiger partial charge on any atom is 0.147 e. The van der Waals surface area contributed by atoms with Crippen LogP contribution < -0.4 is 10.1 Å². The zero-order valence-corrected chi connectivity index (χ0v) is 14.6. The molecule has 0 aromatic heterocycles. The number of nitrogens with one attached hydrogen (secondary N) is 1. The van der Waals surface area contributed by atoms with Crippen LogP contribution in [0.3, 0.4) is 0 Å². The Morgan fingerprint density at radius 2 is 1.89 bits per heavy atom. The molecule has 0 aliphatic heterocycles. The summed E-state index contributed by atoms with van der Waals surface area (Å²) in [5.41, 5.74) is 1.15. The SMILES string of the molecule is CCCOc1c(Br)cc(CNC(CC)CO)cc1Br. The van der Waals surface area contributed by atoms with E-state index in [9.17, 15) is 0 Å². The first-order chi connectivity index (χ1) is 9.12. The molecule has 108 valence electrons. The van der Waals surface area contributed by atoms with Crippen LogP contribution in [0.1, 0.15) is 32.3 Å². The summed E-state index contributed by atoms with van der Waals surface area (Å²) in [6.45, 7) is 5.74. The molecule has 0 saturated carbocycles. The lowest BCUT2D eigenvalue weighted by atomic mass is 10.2. The lowest BCUT2D eigenvalue weighted by molar-refractivity contribution is 0.238. The molecular weight excluding hydrogens is 374 g/mol. The summed E-state index contributed by atoms with van der Waals surface area (Å²) in [4.78, 5) is 0. The highest BCUT2D eigenvalue weighted by atomic mass is 79.9. The van der Waals surface area contributed by atoms with Gasteiger partial charge in [0.25, 0.3) is 0 Å². The van der Waals surface area contributed by atoms with Gasteiger partial charge in [-0.25, -0.2) is 0 Å². The van der Waals surface area contributed by atoms with Gasteiger partial charge in [-0.15, -0.1) is 0 Å². The smallest absolute Gasteiger partial charge is 0.147 e. The molecule has 2 N–H and O–H groups in total. The summed E-state index contributed by atoms with van der Waals surface area (Å²) in [6.07, 6.45) is 1.90. The van der Waals surface area contributed by atoms with Crippen LogP contribution in [0.2, 0.25) is 0 Å². The van der Waals surface area contributed by atoms with E-state index < -0.39 is 0 Å². The van der Waals surface area contributed by atoms with Gasteiger partial charge in [0.2, 0.25) is 0 Å². The van der Waals surface area contributed by atoms with Gasteiger partial charge in [-0.2, -0.15) is 0 Å². The molecule has 1 unspecified atom stereocenters. The van der Waals surface area contributed by atoms with Crippen molar-refractivity contribution in [3.8, 4) is 5.75 Å². The first-order valence-corrected chi connectivity index (χ1v) is 8.15. The van der Waals surface area contributed by atoms with Crippen molar-refractivity contribution in [2.45, 2.75) is 39.3 Å². The third-order valence-electron chi connectivity index (χ3n) is 2.82. The molecule has 1 aromatic carbocycles. The lowest BCUT2D eigenvalue weighted by Gasteiger charge is -2.16. The van der Waals surface area contributed by atoms with Crippen LogP contribution in [0.4, 0.5) is 0 Å². The normalized spacial score (nSPS) is 12.5. The van der Waals surface area contributed by atoms with E-state index in [2.05, 4.69) is 51.0 Å². The predicted octanol–water partition coefficient (Wildman–Crippen LogP) is 3.86. The van der Waals surface area contributed by atoms with Crippen molar-refractivity contribution in [2.24, 2.45) is 0 Å². The van der Waals surface area contributed by atoms with Crippen LogP contribution in [0.5, 0.6) is 5.75 Å². The van der Waals surface area contributed by atoms with E-state index in [-0.39, 0.29) is 12.6 Å². The second-order valence-electron chi connectivity index (χ2n) is 4.41. The van der Waals surface area contributed by atoms with Gasteiger partial charge in [0.05, 0.1) is 22.2 Å². The number of aliphatic hydroxyl groups is 1. The minimum atomic E-state index is 0.147. The van der Waals surface area contributed by atoms with E-state index in [1.807, 2.05) is 12.1 Å². The first kappa shape index (κ1) is 17.0. The second-order valence-corrected chi connectivity index (χ2v) is 6.11. The fraction of sp³-hybridized carbons (Fsp3) is 0.571. The molecule has 0 amide bonds. The molecule has 3 nitrogen and oxygen atoms in total. The zero-order chi connectivity index (χ0) is 14.3. The van der Waals surface area contributed by atoms with Crippen LogP contribution in [-0.2, 0) is 6.54 Å². The fourth-order valence-corrected chi connectivity index (χ4v) is 3.17. The van der Waals surface area contributed by atoms with Crippen molar-refractivity contribution in [3.05, 3.63) is 26.6 Å². The molecule has 1 aromatic rings. The molecule has 1 rings (SSSR count). The number of aliphatic hydroxyl groups excluding tert-OH is 1. The topological polar surface area (TPSA) is 41.5 Å². The van der Waals surface area contributed by atoms with Gasteiger partial charge in [0.15, 0.2) is 0 Å². The monoisotopic (exact) mass is 393 g/mol. The third kappa shape index (κ3) is 5.42. The average Bonchev–Trinajstić information content (AvgIpc) is 2.39. The maximum absolute atomic E-state index is 9.15. The molecule has 0 aliphatic carbocycles. The highest BCUT2D eigenvalue weighted by Gasteiger charge is 2.10. The summed E-state index contributed by atoms with van der Waals surface area (Å²) < 4.78 is 7.58. The van der Waals surface area contributed by atoms with Crippen molar-refractivity contribution in [1.82, 2.24) is 5.32 Å². The lowest BCUT2D eigenvalue weighted by Crippen LogP contribution is -2.31. The van der Waals surface area contributed by atoms with Crippen LogP contribution in [-0.4, -0.2) is 24.4 Å². The van der Waals surface area contributed by atoms with E-state index in [0.717, 1.165) is 39.6 Å². The molecule has 1 atom stereocenters. The van der Waals surface area contributed by atoms with Gasteiger partial charge in [-0.1, -0.05) is 13.8 Å². The zero-order valence-electron chi connectivity index (χ0n) is 11.4. The van der Waals surface area contributed by atoms with E-state index >= 15 is 0 Å². The maximum atomic E-state index is 9.15. The Bertz CT molecular complexity index is 372. The molecule has 0 aliphatic rings. The van der Waals surface area contributed by atoms with Crippen molar-refractivity contribution in [2.75, 3.05) is 13.2 Å². The average molecular weight is 395 g/mol. The van der Waals surface area contributed by atoms with E-state index in [1.165, 1.54) is 0 Å². The summed E-state index contributed by atoms with van der Waals surface area (Å²) >= 11 is 7.07. The molecule has 0 bridgehead atoms. The minimum Gasteiger partial charge on any atom is -0.491 e. The summed E-state index contributed by atoms with van der Waals surface area (Å²) in [5.74, 6) is 0.847. The van der Waals surface area contributed by atoms with Crippen LogP contribution >= 0.6 is 31.9 Å². The molecule has 0 spiro atoms. The number of rotatable bonds is 8. The van der Waals surface area contributed by atoms with Gasteiger partial charge >= 0.3 is 0 Å². The van der Waals surface area contributed by atoms with Gasteiger partial charge in [0, 0.05) is 12.6 Å². The Kier molecular flexibility index (Phi) is 7.99. The second kappa shape index (κ2) is 8.95. The molecule has 0 fully saturated rings. The predicted molar refractivity (Wildman–Crippen MR) is 85.6 cm³/mol. The Morgan fingerprint density at radius 3 is 2.37 bits per heavy atom. The molecule has 0 heterocycles. The Hall–Kier alpha value is -0.100. The quantitative estimate of drug-likeness (QED) is 0.703. The van der Waals surface area contributed by atoms with Crippen molar-refractivity contribution in [3.63, 3.8) is 0 Å². The molecule has 0 saturated heterocycles. The van der Waals surface area contributed by atoms with Gasteiger partial charge in [0.1, 0.15) is 5.75 Å². The fourth-order valence-electron chi connectivity index (χ4n) is 1.66. The van der Waals surface area contributed by atoms with Crippen LogP contribution in [0, 0.1) is 0 Å². The van der Waals surface area contributed by atoms with Crippen molar-refractivity contribution in [1.29, 1.82) is 0 Å². The number of hydrogen-bond acceptors (Lipinski definition) is 3. The molecule has 5 heteroatoms. The van der Waals surface area contributed by atoms with Crippen molar-refractivity contribution >= 4 is 31.9 Å². The number of hydrogen-bond donors (Lipinski definition) is 2. The Labute approximate surface area is 132 Å². The molecule has 19 heavy (non-hydrogen) atoms. The third-order valence-corrected chi connectivity index (χ3v) is 3.99. The highest BCUT2D eigenvalue weighted by Crippen LogP contribution is 2.34. The van der Waals surface area contributed by atoms with Gasteiger partial charge in [-0.05, 0) is 62.4 Å². The first-order valence-electron chi connectivity index (χ1n) is 6.57. The number of benzene rings is 1. The standard InChI is InChI=1S/C14H21Br2NO2/c1-3-5-19-14-12(15)6-10(7-13(14)16)8-17-11(4-2)9-18/h6-7,11,17-18H,3-5,8-9H2,1-2H3. The van der Waals surface area contributed by atoms with E-state index in [0.29, 0.717) is 6.61 Å². The Morgan fingerprint density at radius 1 is 1.26 bits per heavy atom. The highest BCUT2D eigenvalue weighted by molar-refractivity contribution is 9.11.